The van der Waals surface area contributed by atoms with Crippen molar-refractivity contribution in [3.63, 3.8) is 0 Å². The van der Waals surface area contributed by atoms with E-state index in [-0.39, 0.29) is 5.91 Å². The van der Waals surface area contributed by atoms with Crippen LogP contribution in [0.1, 0.15) is 55.5 Å². The van der Waals surface area contributed by atoms with E-state index in [0.29, 0.717) is 11.5 Å². The summed E-state index contributed by atoms with van der Waals surface area (Å²) in [5, 5.41) is 2.92. The summed E-state index contributed by atoms with van der Waals surface area (Å²) >= 11 is 0. The Morgan fingerprint density at radius 1 is 1.39 bits per heavy atom. The minimum absolute atomic E-state index is 0.00648. The monoisotopic (exact) mass is 249 g/mol. The smallest absolute Gasteiger partial charge is 0.251 e. The molecule has 0 saturated heterocycles. The molecule has 0 aliphatic heterocycles. The van der Waals surface area contributed by atoms with Crippen LogP contribution in [-0.2, 0) is 0 Å². The van der Waals surface area contributed by atoms with Crippen LogP contribution in [0, 0.1) is 0 Å². The van der Waals surface area contributed by atoms with Crippen molar-refractivity contribution >= 4 is 5.91 Å². The normalized spacial score (nSPS) is 10.5. The average molecular weight is 249 g/mol. The number of carbonyl (C=O) groups excluding carboxylic acids is 1. The van der Waals surface area contributed by atoms with E-state index in [9.17, 15) is 4.79 Å². The molecule has 0 unspecified atom stereocenters. The van der Waals surface area contributed by atoms with Crippen LogP contribution in [0.3, 0.4) is 0 Å². The predicted octanol–water partition coefficient (Wildman–Crippen LogP) is 3.35. The summed E-state index contributed by atoms with van der Waals surface area (Å²) in [5.41, 5.74) is 1.77. The maximum atomic E-state index is 11.9. The lowest BCUT2D eigenvalue weighted by Crippen LogP contribution is -2.24. The Morgan fingerprint density at radius 3 is 2.67 bits per heavy atom. The Balaban J connectivity index is 2.84. The van der Waals surface area contributed by atoms with Crippen molar-refractivity contribution in [2.75, 3.05) is 13.7 Å². The zero-order valence-electron chi connectivity index (χ0n) is 11.7. The highest BCUT2D eigenvalue weighted by Gasteiger charge is 2.12. The molecule has 0 aromatic heterocycles. The molecular weight excluding hydrogens is 226 g/mol. The molecule has 0 aliphatic carbocycles. The third-order valence-electron chi connectivity index (χ3n) is 2.93. The van der Waals surface area contributed by atoms with Gasteiger partial charge >= 0.3 is 0 Å². The van der Waals surface area contributed by atoms with E-state index in [1.165, 1.54) is 0 Å². The second-order valence-corrected chi connectivity index (χ2v) is 4.72. The topological polar surface area (TPSA) is 38.3 Å². The van der Waals surface area contributed by atoms with Crippen LogP contribution in [0.5, 0.6) is 5.75 Å². The van der Waals surface area contributed by atoms with Gasteiger partial charge in [-0.15, -0.1) is 0 Å². The van der Waals surface area contributed by atoms with Crippen molar-refractivity contribution < 1.29 is 9.53 Å². The van der Waals surface area contributed by atoms with Crippen LogP contribution in [0.15, 0.2) is 18.2 Å². The summed E-state index contributed by atoms with van der Waals surface area (Å²) in [6, 6.07) is 5.60. The molecule has 1 amide bonds. The predicted molar refractivity (Wildman–Crippen MR) is 74.3 cm³/mol. The summed E-state index contributed by atoms with van der Waals surface area (Å²) in [6.07, 6.45) is 2.10. The Kier molecular flexibility index (Phi) is 5.69. The number of amides is 1. The lowest BCUT2D eigenvalue weighted by atomic mass is 9.99. The first kappa shape index (κ1) is 14.6. The fourth-order valence-electron chi connectivity index (χ4n) is 1.81. The molecule has 0 aliphatic rings. The van der Waals surface area contributed by atoms with E-state index < -0.39 is 0 Å². The van der Waals surface area contributed by atoms with Gasteiger partial charge in [0.05, 0.1) is 7.11 Å². The third-order valence-corrected chi connectivity index (χ3v) is 2.93. The molecule has 0 saturated carbocycles. The number of carbonyl (C=O) groups is 1. The van der Waals surface area contributed by atoms with Crippen molar-refractivity contribution in [3.8, 4) is 5.75 Å². The van der Waals surface area contributed by atoms with Gasteiger partial charge in [0.2, 0.25) is 0 Å². The average Bonchev–Trinajstić information content (AvgIpc) is 2.38. The van der Waals surface area contributed by atoms with Crippen molar-refractivity contribution in [1.29, 1.82) is 0 Å². The first-order valence-corrected chi connectivity index (χ1v) is 6.56. The number of methoxy groups -OCH3 is 1. The molecule has 0 radical (unpaired) electrons. The molecule has 0 fully saturated rings. The Hall–Kier alpha value is -1.51. The van der Waals surface area contributed by atoms with Gasteiger partial charge in [-0.25, -0.2) is 0 Å². The SMILES string of the molecule is CCCCNC(=O)c1ccc(OC)c(C(C)C)c1. The molecule has 0 spiro atoms. The summed E-state index contributed by atoms with van der Waals surface area (Å²) in [4.78, 5) is 11.9. The number of unbranched alkanes of at least 4 members (excludes halogenated alkanes) is 1. The van der Waals surface area contributed by atoms with E-state index in [0.717, 1.165) is 30.7 Å². The maximum Gasteiger partial charge on any atom is 0.251 e. The van der Waals surface area contributed by atoms with Gasteiger partial charge in [0.25, 0.3) is 5.91 Å². The van der Waals surface area contributed by atoms with Crippen LogP contribution in [-0.4, -0.2) is 19.6 Å². The highest BCUT2D eigenvalue weighted by atomic mass is 16.5. The molecule has 0 heterocycles. The standard InChI is InChI=1S/C15H23NO2/c1-5-6-9-16-15(17)12-7-8-14(18-4)13(10-12)11(2)3/h7-8,10-11H,5-6,9H2,1-4H3,(H,16,17). The minimum Gasteiger partial charge on any atom is -0.496 e. The van der Waals surface area contributed by atoms with Crippen molar-refractivity contribution in [1.82, 2.24) is 5.32 Å². The van der Waals surface area contributed by atoms with Gasteiger partial charge in [0, 0.05) is 12.1 Å². The molecule has 100 valence electrons. The first-order valence-electron chi connectivity index (χ1n) is 6.56. The molecule has 18 heavy (non-hydrogen) atoms. The highest BCUT2D eigenvalue weighted by molar-refractivity contribution is 5.94. The van der Waals surface area contributed by atoms with E-state index in [2.05, 4.69) is 26.1 Å². The zero-order chi connectivity index (χ0) is 13.5. The molecule has 1 aromatic carbocycles. The first-order chi connectivity index (χ1) is 8.60. The van der Waals surface area contributed by atoms with Gasteiger partial charge in [-0.1, -0.05) is 27.2 Å². The molecular formula is C15H23NO2. The van der Waals surface area contributed by atoms with Crippen LogP contribution >= 0.6 is 0 Å². The van der Waals surface area contributed by atoms with Crippen molar-refractivity contribution in [2.24, 2.45) is 0 Å². The van der Waals surface area contributed by atoms with Gasteiger partial charge < -0.3 is 10.1 Å². The summed E-state index contributed by atoms with van der Waals surface area (Å²) in [7, 11) is 1.65. The maximum absolute atomic E-state index is 11.9. The van der Waals surface area contributed by atoms with Gasteiger partial charge in [-0.2, -0.15) is 0 Å². The van der Waals surface area contributed by atoms with E-state index in [1.807, 2.05) is 18.2 Å². The van der Waals surface area contributed by atoms with Crippen LogP contribution in [0.25, 0.3) is 0 Å². The number of nitrogens with one attached hydrogen (secondary N) is 1. The van der Waals surface area contributed by atoms with E-state index in [4.69, 9.17) is 4.74 Å². The van der Waals surface area contributed by atoms with E-state index >= 15 is 0 Å². The summed E-state index contributed by atoms with van der Waals surface area (Å²) in [5.74, 6) is 1.17. The van der Waals surface area contributed by atoms with Crippen LogP contribution in [0.2, 0.25) is 0 Å². The van der Waals surface area contributed by atoms with Crippen LogP contribution in [0.4, 0.5) is 0 Å². The Labute approximate surface area is 110 Å². The minimum atomic E-state index is -0.00648. The lowest BCUT2D eigenvalue weighted by Gasteiger charge is -2.13. The molecule has 1 aromatic rings. The van der Waals surface area contributed by atoms with Gasteiger partial charge in [-0.3, -0.25) is 4.79 Å². The number of rotatable bonds is 6. The van der Waals surface area contributed by atoms with E-state index in [1.54, 1.807) is 7.11 Å². The molecule has 0 atom stereocenters. The van der Waals surface area contributed by atoms with Gasteiger partial charge in [0.1, 0.15) is 5.75 Å². The fourth-order valence-corrected chi connectivity index (χ4v) is 1.81. The second-order valence-electron chi connectivity index (χ2n) is 4.72. The summed E-state index contributed by atoms with van der Waals surface area (Å²) < 4.78 is 5.31. The quantitative estimate of drug-likeness (QED) is 0.785. The molecule has 3 heteroatoms. The van der Waals surface area contributed by atoms with Gasteiger partial charge in [-0.05, 0) is 36.1 Å². The molecule has 1 rings (SSSR count). The van der Waals surface area contributed by atoms with Gasteiger partial charge in [0.15, 0.2) is 0 Å². The molecule has 1 N–H and O–H groups in total. The Bertz CT molecular complexity index is 399. The highest BCUT2D eigenvalue weighted by Crippen LogP contribution is 2.27. The zero-order valence-corrected chi connectivity index (χ0v) is 11.7. The van der Waals surface area contributed by atoms with Crippen LogP contribution < -0.4 is 10.1 Å². The fraction of sp³-hybridized carbons (Fsp3) is 0.533. The second kappa shape index (κ2) is 7.04. The number of hydrogen-bond acceptors (Lipinski definition) is 2. The number of benzene rings is 1. The largest absolute Gasteiger partial charge is 0.496 e. The lowest BCUT2D eigenvalue weighted by molar-refractivity contribution is 0.0953. The molecule has 0 bridgehead atoms. The molecule has 3 nitrogen and oxygen atoms in total. The summed E-state index contributed by atoms with van der Waals surface area (Å²) in [6.45, 7) is 7.03. The van der Waals surface area contributed by atoms with Crippen molar-refractivity contribution in [3.05, 3.63) is 29.3 Å². The van der Waals surface area contributed by atoms with Crippen molar-refractivity contribution in [2.45, 2.75) is 39.5 Å². The Morgan fingerprint density at radius 2 is 2.11 bits per heavy atom. The third kappa shape index (κ3) is 3.76. The number of hydrogen-bond donors (Lipinski definition) is 1. The number of ether oxygens (including phenoxy) is 1.